The van der Waals surface area contributed by atoms with Gasteiger partial charge in [0.25, 0.3) is 5.91 Å². The van der Waals surface area contributed by atoms with Gasteiger partial charge in [-0.3, -0.25) is 14.9 Å². The lowest BCUT2D eigenvalue weighted by Gasteiger charge is -2.34. The second-order valence-corrected chi connectivity index (χ2v) is 5.83. The average molecular weight is 325 g/mol. The molecule has 0 spiro atoms. The Morgan fingerprint density at radius 1 is 1.35 bits per heavy atom. The van der Waals surface area contributed by atoms with Crippen molar-refractivity contribution < 1.29 is 19.2 Å². The maximum atomic E-state index is 13.7. The number of nitro benzene ring substituents is 1. The second kappa shape index (κ2) is 7.01. The summed E-state index contributed by atoms with van der Waals surface area (Å²) in [5, 5.41) is 20.9. The van der Waals surface area contributed by atoms with Crippen molar-refractivity contribution in [2.24, 2.45) is 0 Å². The van der Waals surface area contributed by atoms with Gasteiger partial charge in [-0.1, -0.05) is 13.0 Å². The third kappa shape index (κ3) is 3.83. The number of nitrogens with zero attached hydrogens (tertiary/aromatic N) is 3. The molecule has 0 unspecified atom stereocenters. The van der Waals surface area contributed by atoms with Gasteiger partial charge in [0.2, 0.25) is 5.82 Å². The van der Waals surface area contributed by atoms with Crippen molar-refractivity contribution in [1.29, 1.82) is 0 Å². The van der Waals surface area contributed by atoms with Gasteiger partial charge < -0.3 is 14.9 Å². The maximum Gasteiger partial charge on any atom is 0.304 e. The Balaban J connectivity index is 2.09. The molecule has 8 heteroatoms. The first-order valence-electron chi connectivity index (χ1n) is 7.40. The molecule has 0 aliphatic carbocycles. The summed E-state index contributed by atoms with van der Waals surface area (Å²) < 4.78 is 13.7. The maximum absolute atomic E-state index is 13.7. The van der Waals surface area contributed by atoms with Gasteiger partial charge in [-0.15, -0.1) is 0 Å². The molecule has 2 atom stereocenters. The van der Waals surface area contributed by atoms with E-state index >= 15 is 0 Å². The van der Waals surface area contributed by atoms with Crippen LogP contribution in [0.1, 0.15) is 18.4 Å². The molecule has 1 aliphatic rings. The van der Waals surface area contributed by atoms with Crippen LogP contribution in [0.4, 0.5) is 10.1 Å². The van der Waals surface area contributed by atoms with E-state index in [0.717, 1.165) is 25.2 Å². The molecule has 2 rings (SSSR count). The minimum absolute atomic E-state index is 0.350. The fourth-order valence-corrected chi connectivity index (χ4v) is 2.56. The monoisotopic (exact) mass is 325 g/mol. The first-order chi connectivity index (χ1) is 10.8. The smallest absolute Gasteiger partial charge is 0.304 e. The zero-order chi connectivity index (χ0) is 17.1. The highest BCUT2D eigenvalue weighted by Gasteiger charge is 2.30. The molecule has 1 amide bonds. The summed E-state index contributed by atoms with van der Waals surface area (Å²) in [6, 6.07) is 3.42. The van der Waals surface area contributed by atoms with E-state index < -0.39 is 34.4 Å². The number of rotatable bonds is 4. The molecule has 126 valence electrons. The lowest BCUT2D eigenvalue weighted by molar-refractivity contribution is -0.387. The van der Waals surface area contributed by atoms with Crippen molar-refractivity contribution in [2.45, 2.75) is 18.9 Å². The van der Waals surface area contributed by atoms with Gasteiger partial charge in [0.15, 0.2) is 0 Å². The highest BCUT2D eigenvalue weighted by atomic mass is 19.1. The van der Waals surface area contributed by atoms with E-state index in [1.807, 2.05) is 7.05 Å². The van der Waals surface area contributed by atoms with Gasteiger partial charge in [0.1, 0.15) is 6.10 Å². The molecule has 0 bridgehead atoms. The van der Waals surface area contributed by atoms with Crippen LogP contribution < -0.4 is 0 Å². The minimum Gasteiger partial charge on any atom is -0.383 e. The Kier molecular flexibility index (Phi) is 5.27. The molecule has 1 aromatic carbocycles. The number of hydrogen-bond donors (Lipinski definition) is 1. The molecule has 0 saturated carbocycles. The van der Waals surface area contributed by atoms with E-state index in [1.165, 1.54) is 6.07 Å². The molecule has 1 saturated heterocycles. The molecule has 0 aromatic heterocycles. The Morgan fingerprint density at radius 3 is 2.48 bits per heavy atom. The van der Waals surface area contributed by atoms with E-state index in [-0.39, 0.29) is 0 Å². The van der Waals surface area contributed by atoms with Crippen LogP contribution in [-0.4, -0.2) is 65.1 Å². The number of carbonyl (C=O) groups excluding carboxylic acids is 1. The SMILES string of the molecule is C[C@@H](c1ccc([N+](=O)[O-])c(F)c1)[C@@H](O)C(=O)N1CCN(C)CC1. The number of piperazine rings is 1. The predicted octanol–water partition coefficient (Wildman–Crippen LogP) is 0.972. The number of aliphatic hydroxyl groups is 1. The Morgan fingerprint density at radius 2 is 1.96 bits per heavy atom. The summed E-state index contributed by atoms with van der Waals surface area (Å²) >= 11 is 0. The Hall–Kier alpha value is -2.06. The molecular formula is C15H20FN3O4. The van der Waals surface area contributed by atoms with E-state index in [4.69, 9.17) is 0 Å². The van der Waals surface area contributed by atoms with Crippen molar-refractivity contribution in [3.05, 3.63) is 39.7 Å². The van der Waals surface area contributed by atoms with E-state index in [2.05, 4.69) is 4.90 Å². The number of hydrogen-bond acceptors (Lipinski definition) is 5. The van der Waals surface area contributed by atoms with Gasteiger partial charge in [0, 0.05) is 38.2 Å². The normalized spacial score (nSPS) is 18.5. The number of halogens is 1. The van der Waals surface area contributed by atoms with Gasteiger partial charge in [0.05, 0.1) is 4.92 Å². The largest absolute Gasteiger partial charge is 0.383 e. The van der Waals surface area contributed by atoms with Crippen LogP contribution in [0.5, 0.6) is 0 Å². The highest BCUT2D eigenvalue weighted by Crippen LogP contribution is 2.26. The van der Waals surface area contributed by atoms with Crippen LogP contribution in [0.2, 0.25) is 0 Å². The molecule has 7 nitrogen and oxygen atoms in total. The van der Waals surface area contributed by atoms with Gasteiger partial charge in [-0.05, 0) is 18.7 Å². The summed E-state index contributed by atoms with van der Waals surface area (Å²) in [7, 11) is 1.96. The number of carbonyl (C=O) groups is 1. The van der Waals surface area contributed by atoms with Crippen molar-refractivity contribution in [1.82, 2.24) is 9.80 Å². The second-order valence-electron chi connectivity index (χ2n) is 5.83. The van der Waals surface area contributed by atoms with Crippen LogP contribution in [0.3, 0.4) is 0 Å². The first kappa shape index (κ1) is 17.3. The summed E-state index contributed by atoms with van der Waals surface area (Å²) in [5.41, 5.74) is -0.274. The topological polar surface area (TPSA) is 86.9 Å². The van der Waals surface area contributed by atoms with Crippen LogP contribution in [-0.2, 0) is 4.79 Å². The summed E-state index contributed by atoms with van der Waals surface area (Å²) in [5.74, 6) is -2.03. The van der Waals surface area contributed by atoms with Gasteiger partial charge in [-0.25, -0.2) is 0 Å². The number of likely N-dealkylation sites (N-methyl/N-ethyl adjacent to an activating group) is 1. The molecule has 1 fully saturated rings. The quantitative estimate of drug-likeness (QED) is 0.658. The predicted molar refractivity (Wildman–Crippen MR) is 81.6 cm³/mol. The van der Waals surface area contributed by atoms with Gasteiger partial charge in [-0.2, -0.15) is 4.39 Å². The number of benzene rings is 1. The molecule has 1 heterocycles. The molecule has 0 radical (unpaired) electrons. The van der Waals surface area contributed by atoms with Crippen molar-refractivity contribution in [3.8, 4) is 0 Å². The van der Waals surface area contributed by atoms with Crippen LogP contribution in [0.15, 0.2) is 18.2 Å². The number of nitro groups is 1. The van der Waals surface area contributed by atoms with Crippen molar-refractivity contribution >= 4 is 11.6 Å². The summed E-state index contributed by atoms with van der Waals surface area (Å²) in [6.07, 6.45) is -1.31. The van der Waals surface area contributed by atoms with E-state index in [0.29, 0.717) is 18.7 Å². The Labute approximate surface area is 133 Å². The number of amides is 1. The first-order valence-corrected chi connectivity index (χ1v) is 7.40. The molecule has 1 aliphatic heterocycles. The van der Waals surface area contributed by atoms with Crippen LogP contribution >= 0.6 is 0 Å². The lowest BCUT2D eigenvalue weighted by atomic mass is 9.94. The third-order valence-electron chi connectivity index (χ3n) is 4.24. The van der Waals surface area contributed by atoms with Crippen molar-refractivity contribution in [2.75, 3.05) is 33.2 Å². The van der Waals surface area contributed by atoms with Crippen LogP contribution in [0, 0.1) is 15.9 Å². The molecule has 1 aromatic rings. The third-order valence-corrected chi connectivity index (χ3v) is 4.24. The molecule has 23 heavy (non-hydrogen) atoms. The zero-order valence-corrected chi connectivity index (χ0v) is 13.1. The number of aliphatic hydroxyl groups excluding tert-OH is 1. The summed E-state index contributed by atoms with van der Waals surface area (Å²) in [6.45, 7) is 4.14. The standard InChI is InChI=1S/C15H20FN3O4/c1-10(11-3-4-13(19(22)23)12(16)9-11)14(20)15(21)18-7-5-17(2)6-8-18/h3-4,9-10,14,20H,5-8H2,1-2H3/t10-,14+/m0/s1. The fraction of sp³-hybridized carbons (Fsp3) is 0.533. The highest BCUT2D eigenvalue weighted by molar-refractivity contribution is 5.82. The van der Waals surface area contributed by atoms with Crippen molar-refractivity contribution in [3.63, 3.8) is 0 Å². The Bertz CT molecular complexity index is 602. The minimum atomic E-state index is -1.31. The van der Waals surface area contributed by atoms with E-state index in [9.17, 15) is 24.4 Å². The zero-order valence-electron chi connectivity index (χ0n) is 13.1. The molecule has 1 N–H and O–H groups in total. The average Bonchev–Trinajstić information content (AvgIpc) is 2.53. The van der Waals surface area contributed by atoms with E-state index in [1.54, 1.807) is 11.8 Å². The summed E-state index contributed by atoms with van der Waals surface area (Å²) in [4.78, 5) is 25.8. The molecular weight excluding hydrogens is 305 g/mol. The van der Waals surface area contributed by atoms with Gasteiger partial charge >= 0.3 is 5.69 Å². The lowest BCUT2D eigenvalue weighted by Crippen LogP contribution is -2.51. The fourth-order valence-electron chi connectivity index (χ4n) is 2.56. The van der Waals surface area contributed by atoms with Crippen LogP contribution in [0.25, 0.3) is 0 Å².